The van der Waals surface area contributed by atoms with Crippen molar-refractivity contribution >= 4 is 21.4 Å². The van der Waals surface area contributed by atoms with E-state index in [1.165, 1.54) is 11.3 Å². The van der Waals surface area contributed by atoms with Crippen LogP contribution in [0.15, 0.2) is 16.3 Å². The first-order valence-corrected chi connectivity index (χ1v) is 9.60. The predicted octanol–water partition coefficient (Wildman–Crippen LogP) is 3.12. The summed E-state index contributed by atoms with van der Waals surface area (Å²) in [6, 6.07) is 1.51. The summed E-state index contributed by atoms with van der Waals surface area (Å²) in [5.74, 6) is 0. The molecule has 0 saturated heterocycles. The van der Waals surface area contributed by atoms with Crippen LogP contribution in [0.3, 0.4) is 0 Å². The van der Waals surface area contributed by atoms with E-state index >= 15 is 0 Å². The Morgan fingerprint density at radius 3 is 2.33 bits per heavy atom. The number of thiophene rings is 1. The third kappa shape index (κ3) is 4.28. The molecule has 0 bridgehead atoms. The van der Waals surface area contributed by atoms with E-state index < -0.39 is 10.0 Å². The second-order valence-corrected chi connectivity index (χ2v) is 10.3. The van der Waals surface area contributed by atoms with Gasteiger partial charge in [-0.1, -0.05) is 27.7 Å². The maximum absolute atomic E-state index is 12.5. The molecule has 0 unspecified atom stereocenters. The average molecular weight is 332 g/mol. The molecule has 0 aliphatic heterocycles. The molecule has 1 heterocycles. The SMILES string of the molecule is CC1(C)CC(NS(=O)(=O)c2csc(CO)c2)CC(C)(C)C1. The number of nitrogens with one attached hydrogen (secondary N) is 1. The average Bonchev–Trinajstić information content (AvgIpc) is 2.72. The van der Waals surface area contributed by atoms with Crippen LogP contribution in [0.5, 0.6) is 0 Å². The van der Waals surface area contributed by atoms with Crippen molar-refractivity contribution in [1.82, 2.24) is 4.72 Å². The summed E-state index contributed by atoms with van der Waals surface area (Å²) in [6.45, 7) is 8.67. The normalized spacial score (nSPS) is 22.3. The second-order valence-electron chi connectivity index (χ2n) is 7.64. The Morgan fingerprint density at radius 2 is 1.86 bits per heavy atom. The summed E-state index contributed by atoms with van der Waals surface area (Å²) < 4.78 is 27.8. The lowest BCUT2D eigenvalue weighted by Gasteiger charge is -2.45. The summed E-state index contributed by atoms with van der Waals surface area (Å²) in [6.07, 6.45) is 2.81. The van der Waals surface area contributed by atoms with E-state index in [1.807, 2.05) is 0 Å². The van der Waals surface area contributed by atoms with Gasteiger partial charge in [0.15, 0.2) is 0 Å². The standard InChI is InChI=1S/C15H25NO3S2/c1-14(2)6-11(7-15(3,4)10-14)16-21(18,19)13-5-12(8-17)20-9-13/h5,9,11,16-17H,6-8,10H2,1-4H3. The minimum atomic E-state index is -3.50. The zero-order chi connectivity index (χ0) is 15.9. The van der Waals surface area contributed by atoms with Gasteiger partial charge in [0.2, 0.25) is 10.0 Å². The Morgan fingerprint density at radius 1 is 1.29 bits per heavy atom. The highest BCUT2D eigenvalue weighted by Crippen LogP contribution is 2.45. The molecule has 1 saturated carbocycles. The van der Waals surface area contributed by atoms with Crippen molar-refractivity contribution in [3.63, 3.8) is 0 Å². The van der Waals surface area contributed by atoms with E-state index in [2.05, 4.69) is 32.4 Å². The highest BCUT2D eigenvalue weighted by molar-refractivity contribution is 7.89. The van der Waals surface area contributed by atoms with Crippen molar-refractivity contribution in [2.45, 2.75) is 64.5 Å². The molecule has 1 aliphatic carbocycles. The molecule has 0 spiro atoms. The number of rotatable bonds is 4. The van der Waals surface area contributed by atoms with Gasteiger partial charge in [0.05, 0.1) is 11.5 Å². The Hall–Kier alpha value is -0.430. The topological polar surface area (TPSA) is 66.4 Å². The predicted molar refractivity (Wildman–Crippen MR) is 85.8 cm³/mol. The molecular weight excluding hydrogens is 306 g/mol. The summed E-state index contributed by atoms with van der Waals surface area (Å²) in [7, 11) is -3.50. The number of hydrogen-bond acceptors (Lipinski definition) is 4. The van der Waals surface area contributed by atoms with Crippen molar-refractivity contribution in [3.05, 3.63) is 16.3 Å². The summed E-state index contributed by atoms with van der Waals surface area (Å²) >= 11 is 1.27. The van der Waals surface area contributed by atoms with Gasteiger partial charge < -0.3 is 5.11 Å². The van der Waals surface area contributed by atoms with Crippen molar-refractivity contribution < 1.29 is 13.5 Å². The van der Waals surface area contributed by atoms with Gasteiger partial charge in [0.1, 0.15) is 0 Å². The third-order valence-electron chi connectivity index (χ3n) is 3.97. The van der Waals surface area contributed by atoms with Crippen LogP contribution in [-0.2, 0) is 16.6 Å². The fourth-order valence-corrected chi connectivity index (χ4v) is 6.17. The molecule has 1 aromatic heterocycles. The first kappa shape index (κ1) is 16.9. The van der Waals surface area contributed by atoms with Crippen LogP contribution >= 0.6 is 11.3 Å². The van der Waals surface area contributed by atoms with Crippen LogP contribution in [-0.4, -0.2) is 19.6 Å². The van der Waals surface area contributed by atoms with Crippen LogP contribution in [0, 0.1) is 10.8 Å². The molecule has 120 valence electrons. The number of aliphatic hydroxyl groups is 1. The van der Waals surface area contributed by atoms with Crippen LogP contribution in [0.1, 0.15) is 51.8 Å². The molecule has 4 nitrogen and oxygen atoms in total. The minimum absolute atomic E-state index is 0.0359. The monoisotopic (exact) mass is 331 g/mol. The number of aliphatic hydroxyl groups excluding tert-OH is 1. The first-order valence-electron chi connectivity index (χ1n) is 7.24. The Balaban J connectivity index is 2.16. The van der Waals surface area contributed by atoms with Gasteiger partial charge in [-0.25, -0.2) is 13.1 Å². The molecule has 1 aliphatic rings. The molecule has 1 aromatic rings. The number of sulfonamides is 1. The molecule has 2 N–H and O–H groups in total. The van der Waals surface area contributed by atoms with E-state index in [0.29, 0.717) is 4.88 Å². The van der Waals surface area contributed by atoms with Crippen LogP contribution in [0.2, 0.25) is 0 Å². The van der Waals surface area contributed by atoms with Crippen molar-refractivity contribution in [2.24, 2.45) is 10.8 Å². The van der Waals surface area contributed by atoms with Crippen molar-refractivity contribution in [1.29, 1.82) is 0 Å². The van der Waals surface area contributed by atoms with Crippen molar-refractivity contribution in [3.8, 4) is 0 Å². The second kappa shape index (κ2) is 5.65. The quantitative estimate of drug-likeness (QED) is 0.891. The van der Waals surface area contributed by atoms with E-state index in [1.54, 1.807) is 11.4 Å². The van der Waals surface area contributed by atoms with E-state index in [-0.39, 0.29) is 28.4 Å². The smallest absolute Gasteiger partial charge is 0.241 e. The van der Waals surface area contributed by atoms with E-state index in [0.717, 1.165) is 19.3 Å². The van der Waals surface area contributed by atoms with Crippen LogP contribution in [0.25, 0.3) is 0 Å². The zero-order valence-corrected chi connectivity index (χ0v) is 14.8. The summed E-state index contributed by atoms with van der Waals surface area (Å²) in [5, 5.41) is 10.7. The van der Waals surface area contributed by atoms with Gasteiger partial charge in [0, 0.05) is 16.3 Å². The zero-order valence-electron chi connectivity index (χ0n) is 13.1. The lowest BCUT2D eigenvalue weighted by molar-refractivity contribution is 0.0934. The van der Waals surface area contributed by atoms with Gasteiger partial charge in [-0.3, -0.25) is 0 Å². The maximum atomic E-state index is 12.5. The molecule has 2 rings (SSSR count). The molecule has 6 heteroatoms. The first-order chi connectivity index (χ1) is 9.53. The summed E-state index contributed by atoms with van der Waals surface area (Å²) in [5.41, 5.74) is 0.277. The summed E-state index contributed by atoms with van der Waals surface area (Å²) in [4.78, 5) is 0.928. The molecule has 0 aromatic carbocycles. The Kier molecular flexibility index (Phi) is 4.55. The van der Waals surface area contributed by atoms with E-state index in [4.69, 9.17) is 5.11 Å². The number of hydrogen-bond donors (Lipinski definition) is 2. The lowest BCUT2D eigenvalue weighted by Crippen LogP contribution is -2.45. The highest BCUT2D eigenvalue weighted by atomic mass is 32.2. The fourth-order valence-electron chi connectivity index (χ4n) is 3.80. The molecule has 0 radical (unpaired) electrons. The Labute approximate surface area is 131 Å². The fraction of sp³-hybridized carbons (Fsp3) is 0.733. The van der Waals surface area contributed by atoms with Gasteiger partial charge >= 0.3 is 0 Å². The molecule has 21 heavy (non-hydrogen) atoms. The van der Waals surface area contributed by atoms with Crippen LogP contribution in [0.4, 0.5) is 0 Å². The molecule has 0 atom stereocenters. The van der Waals surface area contributed by atoms with Gasteiger partial charge in [-0.2, -0.15) is 0 Å². The van der Waals surface area contributed by atoms with Gasteiger partial charge in [-0.15, -0.1) is 11.3 Å². The molecule has 1 fully saturated rings. The van der Waals surface area contributed by atoms with Crippen molar-refractivity contribution in [2.75, 3.05) is 0 Å². The highest BCUT2D eigenvalue weighted by Gasteiger charge is 2.39. The third-order valence-corrected chi connectivity index (χ3v) is 6.54. The lowest BCUT2D eigenvalue weighted by atomic mass is 9.64. The largest absolute Gasteiger partial charge is 0.391 e. The minimum Gasteiger partial charge on any atom is -0.391 e. The van der Waals surface area contributed by atoms with E-state index in [9.17, 15) is 8.42 Å². The Bertz CT molecular complexity index is 586. The molecular formula is C15H25NO3S2. The molecule has 0 amide bonds. The van der Waals surface area contributed by atoms with Gasteiger partial charge in [0.25, 0.3) is 0 Å². The van der Waals surface area contributed by atoms with Gasteiger partial charge in [-0.05, 0) is 36.2 Å². The van der Waals surface area contributed by atoms with Crippen LogP contribution < -0.4 is 4.72 Å². The maximum Gasteiger partial charge on any atom is 0.241 e.